The molecule has 0 amide bonds. The first-order valence-electron chi connectivity index (χ1n) is 6.32. The van der Waals surface area contributed by atoms with E-state index in [0.29, 0.717) is 17.3 Å². The second-order valence-electron chi connectivity index (χ2n) is 5.12. The highest BCUT2D eigenvalue weighted by atomic mass is 35.5. The predicted molar refractivity (Wildman–Crippen MR) is 73.6 cm³/mol. The van der Waals surface area contributed by atoms with E-state index in [2.05, 4.69) is 0 Å². The van der Waals surface area contributed by atoms with Gasteiger partial charge in [-0.25, -0.2) is 0 Å². The molecule has 1 saturated carbocycles. The number of nitrogens with two attached hydrogens (primary N) is 1. The van der Waals surface area contributed by atoms with Crippen LogP contribution >= 0.6 is 11.6 Å². The molecule has 0 aliphatic heterocycles. The number of benzene rings is 1. The van der Waals surface area contributed by atoms with Crippen molar-refractivity contribution in [3.05, 3.63) is 22.2 Å². The molecule has 1 aliphatic carbocycles. The van der Waals surface area contributed by atoms with Gasteiger partial charge in [0.15, 0.2) is 11.5 Å². The molecule has 4 heteroatoms. The molecule has 3 N–H and O–H groups in total. The Morgan fingerprint density at radius 2 is 2.06 bits per heavy atom. The Kier molecular flexibility index (Phi) is 3.74. The highest BCUT2D eigenvalue weighted by Crippen LogP contribution is 2.50. The zero-order chi connectivity index (χ0) is 13.3. The summed E-state index contributed by atoms with van der Waals surface area (Å²) < 4.78 is 5.22. The molecule has 0 radical (unpaired) electrons. The first kappa shape index (κ1) is 13.5. The van der Waals surface area contributed by atoms with Gasteiger partial charge in [-0.05, 0) is 31.4 Å². The summed E-state index contributed by atoms with van der Waals surface area (Å²) in [5, 5.41) is 11.0. The molecule has 1 aromatic carbocycles. The standard InChI is InChI=1S/C14H20ClNO2/c1-9-7-10(18-2)13(17)11(12(9)15)14(8-16)5-3-4-6-14/h7,17H,3-6,8,16H2,1-2H3. The van der Waals surface area contributed by atoms with Gasteiger partial charge in [-0.3, -0.25) is 0 Å². The lowest BCUT2D eigenvalue weighted by Crippen LogP contribution is -2.32. The van der Waals surface area contributed by atoms with Crippen molar-refractivity contribution in [2.24, 2.45) is 5.73 Å². The second kappa shape index (κ2) is 4.98. The third-order valence-electron chi connectivity index (χ3n) is 4.09. The van der Waals surface area contributed by atoms with Gasteiger partial charge in [-0.2, -0.15) is 0 Å². The first-order valence-corrected chi connectivity index (χ1v) is 6.70. The fraction of sp³-hybridized carbons (Fsp3) is 0.571. The summed E-state index contributed by atoms with van der Waals surface area (Å²) >= 11 is 6.40. The van der Waals surface area contributed by atoms with Gasteiger partial charge in [0.1, 0.15) is 0 Å². The molecular weight excluding hydrogens is 250 g/mol. The quantitative estimate of drug-likeness (QED) is 0.886. The number of hydrogen-bond acceptors (Lipinski definition) is 3. The molecule has 0 bridgehead atoms. The van der Waals surface area contributed by atoms with Crippen LogP contribution in [-0.4, -0.2) is 18.8 Å². The van der Waals surface area contributed by atoms with E-state index in [-0.39, 0.29) is 11.2 Å². The average molecular weight is 270 g/mol. The maximum atomic E-state index is 10.4. The summed E-state index contributed by atoms with van der Waals surface area (Å²) in [5.74, 6) is 0.632. The monoisotopic (exact) mass is 269 g/mol. The molecule has 2 rings (SSSR count). The molecule has 100 valence electrons. The van der Waals surface area contributed by atoms with Crippen LogP contribution in [0.3, 0.4) is 0 Å². The minimum absolute atomic E-state index is 0.153. The van der Waals surface area contributed by atoms with Crippen molar-refractivity contribution >= 4 is 11.6 Å². The van der Waals surface area contributed by atoms with Crippen LogP contribution in [-0.2, 0) is 5.41 Å². The summed E-state index contributed by atoms with van der Waals surface area (Å²) in [6.07, 6.45) is 4.21. The number of ether oxygens (including phenoxy) is 1. The fourth-order valence-electron chi connectivity index (χ4n) is 3.00. The topological polar surface area (TPSA) is 55.5 Å². The highest BCUT2D eigenvalue weighted by Gasteiger charge is 2.39. The summed E-state index contributed by atoms with van der Waals surface area (Å²) in [4.78, 5) is 0. The Bertz CT molecular complexity index is 454. The summed E-state index contributed by atoms with van der Waals surface area (Å²) in [6.45, 7) is 2.43. The van der Waals surface area contributed by atoms with Gasteiger partial charge in [-0.15, -0.1) is 0 Å². The van der Waals surface area contributed by atoms with Crippen molar-refractivity contribution in [1.82, 2.24) is 0 Å². The van der Waals surface area contributed by atoms with Gasteiger partial charge in [0.2, 0.25) is 0 Å². The first-order chi connectivity index (χ1) is 8.55. The van der Waals surface area contributed by atoms with Gasteiger partial charge < -0.3 is 15.6 Å². The number of phenolic OH excluding ortho intramolecular Hbond substituents is 1. The van der Waals surface area contributed by atoms with Crippen LogP contribution in [0.5, 0.6) is 11.5 Å². The van der Waals surface area contributed by atoms with Crippen molar-refractivity contribution in [3.63, 3.8) is 0 Å². The van der Waals surface area contributed by atoms with E-state index >= 15 is 0 Å². The fourth-order valence-corrected chi connectivity index (χ4v) is 3.34. The van der Waals surface area contributed by atoms with Crippen molar-refractivity contribution in [1.29, 1.82) is 0 Å². The van der Waals surface area contributed by atoms with Gasteiger partial charge in [0, 0.05) is 17.5 Å². The molecule has 1 fully saturated rings. The molecular formula is C14H20ClNO2. The van der Waals surface area contributed by atoms with Crippen molar-refractivity contribution in [3.8, 4) is 11.5 Å². The zero-order valence-corrected chi connectivity index (χ0v) is 11.7. The molecule has 3 nitrogen and oxygen atoms in total. The second-order valence-corrected chi connectivity index (χ2v) is 5.50. The molecule has 18 heavy (non-hydrogen) atoms. The van der Waals surface area contributed by atoms with Gasteiger partial charge in [0.05, 0.1) is 12.1 Å². The summed E-state index contributed by atoms with van der Waals surface area (Å²) in [5.41, 5.74) is 7.47. The number of rotatable bonds is 3. The average Bonchev–Trinajstić information content (AvgIpc) is 2.84. The number of halogens is 1. The highest BCUT2D eigenvalue weighted by molar-refractivity contribution is 6.32. The van der Waals surface area contributed by atoms with E-state index in [0.717, 1.165) is 36.8 Å². The van der Waals surface area contributed by atoms with Crippen LogP contribution in [0.1, 0.15) is 36.8 Å². The van der Waals surface area contributed by atoms with Crippen LogP contribution in [0.4, 0.5) is 0 Å². The maximum Gasteiger partial charge on any atom is 0.163 e. The van der Waals surface area contributed by atoms with Crippen LogP contribution in [0.25, 0.3) is 0 Å². The largest absolute Gasteiger partial charge is 0.504 e. The predicted octanol–water partition coefficient (Wildman–Crippen LogP) is 3.13. The molecule has 0 spiro atoms. The number of methoxy groups -OCH3 is 1. The summed E-state index contributed by atoms with van der Waals surface area (Å²) in [6, 6.07) is 1.76. The zero-order valence-electron chi connectivity index (χ0n) is 10.9. The van der Waals surface area contributed by atoms with Gasteiger partial charge in [-0.1, -0.05) is 24.4 Å². The van der Waals surface area contributed by atoms with E-state index in [4.69, 9.17) is 22.1 Å². The van der Waals surface area contributed by atoms with Crippen molar-refractivity contribution in [2.45, 2.75) is 38.0 Å². The number of aryl methyl sites for hydroxylation is 1. The number of phenols is 1. The molecule has 0 aromatic heterocycles. The van der Waals surface area contributed by atoms with Crippen LogP contribution in [0.15, 0.2) is 6.07 Å². The Morgan fingerprint density at radius 1 is 1.44 bits per heavy atom. The maximum absolute atomic E-state index is 10.4. The molecule has 0 atom stereocenters. The normalized spacial score (nSPS) is 18.0. The van der Waals surface area contributed by atoms with Crippen LogP contribution in [0.2, 0.25) is 5.02 Å². The molecule has 1 aliphatic rings. The Balaban J connectivity index is 2.65. The van der Waals surface area contributed by atoms with Crippen molar-refractivity contribution in [2.75, 3.05) is 13.7 Å². The van der Waals surface area contributed by atoms with E-state index in [1.54, 1.807) is 13.2 Å². The Hall–Kier alpha value is -0.930. The third kappa shape index (κ3) is 1.95. The van der Waals surface area contributed by atoms with E-state index < -0.39 is 0 Å². The third-order valence-corrected chi connectivity index (χ3v) is 4.57. The van der Waals surface area contributed by atoms with E-state index in [1.165, 1.54) is 0 Å². The van der Waals surface area contributed by atoms with Gasteiger partial charge >= 0.3 is 0 Å². The minimum atomic E-state index is -0.194. The van der Waals surface area contributed by atoms with Crippen molar-refractivity contribution < 1.29 is 9.84 Å². The number of hydrogen-bond donors (Lipinski definition) is 2. The lowest BCUT2D eigenvalue weighted by Gasteiger charge is -2.30. The Morgan fingerprint density at radius 3 is 2.56 bits per heavy atom. The molecule has 0 saturated heterocycles. The number of aromatic hydroxyl groups is 1. The van der Waals surface area contributed by atoms with E-state index in [9.17, 15) is 5.11 Å². The van der Waals surface area contributed by atoms with E-state index in [1.807, 2.05) is 6.92 Å². The lowest BCUT2D eigenvalue weighted by molar-refractivity contribution is 0.354. The SMILES string of the molecule is COc1cc(C)c(Cl)c(C2(CN)CCCC2)c1O. The molecule has 0 heterocycles. The molecule has 1 aromatic rings. The Labute approximate surface area is 113 Å². The van der Waals surface area contributed by atoms with Gasteiger partial charge in [0.25, 0.3) is 0 Å². The smallest absolute Gasteiger partial charge is 0.163 e. The van der Waals surface area contributed by atoms with Crippen LogP contribution in [0, 0.1) is 6.92 Å². The molecule has 0 unspecified atom stereocenters. The minimum Gasteiger partial charge on any atom is -0.504 e. The lowest BCUT2D eigenvalue weighted by atomic mass is 9.77. The van der Waals surface area contributed by atoms with Crippen LogP contribution < -0.4 is 10.5 Å². The summed E-state index contributed by atoms with van der Waals surface area (Å²) in [7, 11) is 1.55.